The Labute approximate surface area is 125 Å². The predicted molar refractivity (Wildman–Crippen MR) is 84.5 cm³/mol. The topological polar surface area (TPSA) is 50.4 Å². The number of hydrogen-bond acceptors (Lipinski definition) is 4. The Hall–Kier alpha value is -2.24. The third-order valence-electron chi connectivity index (χ3n) is 3.57. The summed E-state index contributed by atoms with van der Waals surface area (Å²) >= 11 is 1.53. The number of hydrogen-bond donors (Lipinski definition) is 1. The molecule has 0 saturated carbocycles. The lowest BCUT2D eigenvalue weighted by Crippen LogP contribution is -1.95. The van der Waals surface area contributed by atoms with Crippen molar-refractivity contribution < 1.29 is 5.11 Å². The molecule has 0 fully saturated rings. The zero-order chi connectivity index (χ0) is 14.4. The van der Waals surface area contributed by atoms with Gasteiger partial charge >= 0.3 is 0 Å². The van der Waals surface area contributed by atoms with E-state index >= 15 is 0 Å². The van der Waals surface area contributed by atoms with Gasteiger partial charge in [-0.1, -0.05) is 47.7 Å². The van der Waals surface area contributed by atoms with Crippen molar-refractivity contribution in [3.63, 3.8) is 0 Å². The second-order valence-corrected chi connectivity index (χ2v) is 6.10. The first kappa shape index (κ1) is 12.5. The van der Waals surface area contributed by atoms with Gasteiger partial charge in [-0.2, -0.15) is 5.10 Å². The number of benzene rings is 2. The van der Waals surface area contributed by atoms with E-state index in [1.165, 1.54) is 22.1 Å². The maximum atomic E-state index is 9.69. The molecule has 4 rings (SSSR count). The maximum absolute atomic E-state index is 9.69. The van der Waals surface area contributed by atoms with E-state index in [2.05, 4.69) is 34.3 Å². The van der Waals surface area contributed by atoms with E-state index in [1.54, 1.807) is 4.52 Å². The third kappa shape index (κ3) is 1.93. The van der Waals surface area contributed by atoms with Gasteiger partial charge in [0.2, 0.25) is 4.96 Å². The van der Waals surface area contributed by atoms with Gasteiger partial charge in [0.15, 0.2) is 0 Å². The summed E-state index contributed by atoms with van der Waals surface area (Å²) in [5.74, 6) is 0. The maximum Gasteiger partial charge on any atom is 0.213 e. The predicted octanol–water partition coefficient (Wildman–Crippen LogP) is 3.41. The summed E-state index contributed by atoms with van der Waals surface area (Å²) in [4.78, 5) is 5.46. The Balaban J connectivity index is 1.96. The van der Waals surface area contributed by atoms with Crippen LogP contribution in [-0.2, 0) is 6.61 Å². The van der Waals surface area contributed by atoms with E-state index in [-0.39, 0.29) is 6.61 Å². The molecule has 0 spiro atoms. The lowest BCUT2D eigenvalue weighted by atomic mass is 10.0. The molecule has 0 radical (unpaired) electrons. The summed E-state index contributed by atoms with van der Waals surface area (Å²) in [6.07, 6.45) is 0. The minimum atomic E-state index is -0.0769. The summed E-state index contributed by atoms with van der Waals surface area (Å²) in [6, 6.07) is 14.4. The molecule has 0 atom stereocenters. The van der Waals surface area contributed by atoms with Crippen LogP contribution in [0.1, 0.15) is 10.7 Å². The molecule has 0 unspecified atom stereocenters. The number of rotatable bonds is 2. The van der Waals surface area contributed by atoms with Gasteiger partial charge in [0.25, 0.3) is 0 Å². The van der Waals surface area contributed by atoms with E-state index < -0.39 is 0 Å². The standard InChI is InChI=1S/C16H13N3OS/c1-10-18-19-14(9-20)15(17-16(19)21-10)13-7-6-11-4-2-3-5-12(11)8-13/h2-8,20H,9H2,1H3. The summed E-state index contributed by atoms with van der Waals surface area (Å²) in [5.41, 5.74) is 2.56. The number of nitrogens with zero attached hydrogens (tertiary/aromatic N) is 3. The quantitative estimate of drug-likeness (QED) is 0.616. The fourth-order valence-electron chi connectivity index (χ4n) is 2.60. The van der Waals surface area contributed by atoms with E-state index in [1.807, 2.05) is 25.1 Å². The fourth-order valence-corrected chi connectivity index (χ4v) is 3.36. The normalized spacial score (nSPS) is 11.5. The van der Waals surface area contributed by atoms with Gasteiger partial charge in [-0.3, -0.25) is 0 Å². The number of aryl methyl sites for hydroxylation is 1. The Kier molecular flexibility index (Phi) is 2.77. The van der Waals surface area contributed by atoms with Crippen molar-refractivity contribution >= 4 is 27.1 Å². The molecule has 2 aromatic carbocycles. The molecule has 0 aliphatic rings. The molecule has 0 bridgehead atoms. The van der Waals surface area contributed by atoms with E-state index in [9.17, 15) is 5.11 Å². The van der Waals surface area contributed by atoms with Crippen LogP contribution in [0.15, 0.2) is 42.5 Å². The number of aliphatic hydroxyl groups excluding tert-OH is 1. The van der Waals surface area contributed by atoms with Crippen LogP contribution in [-0.4, -0.2) is 19.7 Å². The molecule has 21 heavy (non-hydrogen) atoms. The highest BCUT2D eigenvalue weighted by Gasteiger charge is 2.16. The third-order valence-corrected chi connectivity index (χ3v) is 4.39. The van der Waals surface area contributed by atoms with Gasteiger partial charge < -0.3 is 5.11 Å². The molecule has 0 amide bonds. The highest BCUT2D eigenvalue weighted by atomic mass is 32.1. The SMILES string of the molecule is Cc1nn2c(CO)c(-c3ccc4ccccc4c3)nc2s1. The van der Waals surface area contributed by atoms with Crippen LogP contribution in [0.2, 0.25) is 0 Å². The fraction of sp³-hybridized carbons (Fsp3) is 0.125. The molecular formula is C16H13N3OS. The molecular weight excluding hydrogens is 282 g/mol. The summed E-state index contributed by atoms with van der Waals surface area (Å²) < 4.78 is 1.74. The summed E-state index contributed by atoms with van der Waals surface area (Å²) in [7, 11) is 0. The van der Waals surface area contributed by atoms with E-state index in [0.29, 0.717) is 0 Å². The zero-order valence-corrected chi connectivity index (χ0v) is 12.3. The van der Waals surface area contributed by atoms with Gasteiger partial charge in [0.1, 0.15) is 5.01 Å². The second kappa shape index (κ2) is 4.65. The Morgan fingerprint density at radius 2 is 1.95 bits per heavy atom. The van der Waals surface area contributed by atoms with Crippen molar-refractivity contribution in [1.29, 1.82) is 0 Å². The van der Waals surface area contributed by atoms with E-state index in [0.717, 1.165) is 26.9 Å². The number of fused-ring (bicyclic) bond motifs is 2. The average Bonchev–Trinajstić information content (AvgIpc) is 3.02. The first-order valence-electron chi connectivity index (χ1n) is 6.71. The first-order valence-corrected chi connectivity index (χ1v) is 7.53. The monoisotopic (exact) mass is 295 g/mol. The molecule has 1 N–H and O–H groups in total. The molecule has 0 aliphatic carbocycles. The number of aliphatic hydroxyl groups is 1. The molecule has 0 aliphatic heterocycles. The van der Waals surface area contributed by atoms with Crippen molar-refractivity contribution in [2.45, 2.75) is 13.5 Å². The van der Waals surface area contributed by atoms with Crippen molar-refractivity contribution in [1.82, 2.24) is 14.6 Å². The highest BCUT2D eigenvalue weighted by Crippen LogP contribution is 2.29. The average molecular weight is 295 g/mol. The summed E-state index contributed by atoms with van der Waals surface area (Å²) in [6.45, 7) is 1.86. The molecule has 0 saturated heterocycles. The minimum absolute atomic E-state index is 0.0769. The largest absolute Gasteiger partial charge is 0.390 e. The van der Waals surface area contributed by atoms with Crippen LogP contribution >= 0.6 is 11.3 Å². The molecule has 4 nitrogen and oxygen atoms in total. The van der Waals surface area contributed by atoms with Gasteiger partial charge in [0, 0.05) is 5.56 Å². The van der Waals surface area contributed by atoms with E-state index in [4.69, 9.17) is 0 Å². The van der Waals surface area contributed by atoms with Crippen molar-refractivity contribution in [3.8, 4) is 11.3 Å². The Bertz CT molecular complexity index is 955. The second-order valence-electron chi connectivity index (χ2n) is 4.94. The van der Waals surface area contributed by atoms with Crippen LogP contribution in [0.4, 0.5) is 0 Å². The lowest BCUT2D eigenvalue weighted by Gasteiger charge is -2.03. The first-order chi connectivity index (χ1) is 10.3. The highest BCUT2D eigenvalue weighted by molar-refractivity contribution is 7.16. The lowest BCUT2D eigenvalue weighted by molar-refractivity contribution is 0.275. The van der Waals surface area contributed by atoms with Crippen molar-refractivity contribution in [2.24, 2.45) is 0 Å². The number of aromatic nitrogens is 3. The molecule has 2 aromatic heterocycles. The van der Waals surface area contributed by atoms with Gasteiger partial charge in [0.05, 0.1) is 18.0 Å². The molecule has 104 valence electrons. The van der Waals surface area contributed by atoms with Crippen LogP contribution in [0.25, 0.3) is 27.0 Å². The minimum Gasteiger partial charge on any atom is -0.390 e. The van der Waals surface area contributed by atoms with Gasteiger partial charge in [-0.05, 0) is 23.8 Å². The molecule has 4 aromatic rings. The van der Waals surface area contributed by atoms with Gasteiger partial charge in [-0.15, -0.1) is 0 Å². The van der Waals surface area contributed by atoms with Crippen molar-refractivity contribution in [2.75, 3.05) is 0 Å². The molecule has 2 heterocycles. The van der Waals surface area contributed by atoms with Crippen LogP contribution in [0, 0.1) is 6.92 Å². The van der Waals surface area contributed by atoms with Crippen LogP contribution in [0.5, 0.6) is 0 Å². The van der Waals surface area contributed by atoms with Crippen LogP contribution in [0.3, 0.4) is 0 Å². The Morgan fingerprint density at radius 1 is 1.14 bits per heavy atom. The van der Waals surface area contributed by atoms with Crippen LogP contribution < -0.4 is 0 Å². The Morgan fingerprint density at radius 3 is 2.76 bits per heavy atom. The number of imidazole rings is 1. The zero-order valence-electron chi connectivity index (χ0n) is 11.4. The smallest absolute Gasteiger partial charge is 0.213 e. The van der Waals surface area contributed by atoms with Crippen molar-refractivity contribution in [3.05, 3.63) is 53.2 Å². The van der Waals surface area contributed by atoms with Gasteiger partial charge in [-0.25, -0.2) is 9.50 Å². The molecule has 5 heteroatoms. The summed E-state index contributed by atoms with van der Waals surface area (Å²) in [5, 5.41) is 17.4.